The Bertz CT molecular complexity index is 446. The highest BCUT2D eigenvalue weighted by Crippen LogP contribution is 2.15. The molecule has 6 heteroatoms. The van der Waals surface area contributed by atoms with Crippen LogP contribution < -0.4 is 4.90 Å². The lowest BCUT2D eigenvalue weighted by atomic mass is 10.2. The number of aromatic nitrogens is 2. The summed E-state index contributed by atoms with van der Waals surface area (Å²) in [5.41, 5.74) is 0. The Morgan fingerprint density at radius 1 is 1.38 bits per heavy atom. The molecule has 5 nitrogen and oxygen atoms in total. The van der Waals surface area contributed by atoms with Crippen LogP contribution in [0.4, 0.5) is 5.95 Å². The monoisotopic (exact) mass is 241 g/mol. The first-order valence-electron chi connectivity index (χ1n) is 5.29. The molecule has 0 spiro atoms. The Labute approximate surface area is 95.4 Å². The van der Waals surface area contributed by atoms with Gasteiger partial charge in [-0.3, -0.25) is 0 Å². The first kappa shape index (κ1) is 11.3. The van der Waals surface area contributed by atoms with E-state index in [-0.39, 0.29) is 17.4 Å². The molecule has 0 aromatic carbocycles. The smallest absolute Gasteiger partial charge is 0.225 e. The highest BCUT2D eigenvalue weighted by Gasteiger charge is 2.25. The average molecular weight is 241 g/mol. The van der Waals surface area contributed by atoms with Gasteiger partial charge >= 0.3 is 0 Å². The van der Waals surface area contributed by atoms with E-state index in [2.05, 4.69) is 9.97 Å². The van der Waals surface area contributed by atoms with Crippen molar-refractivity contribution in [2.75, 3.05) is 29.5 Å². The topological polar surface area (TPSA) is 63.2 Å². The third-order valence-corrected chi connectivity index (χ3v) is 4.46. The van der Waals surface area contributed by atoms with Crippen LogP contribution in [0.1, 0.15) is 6.92 Å². The predicted octanol–water partition coefficient (Wildman–Crippen LogP) is 0.347. The molecular weight excluding hydrogens is 226 g/mol. The third kappa shape index (κ3) is 2.69. The van der Waals surface area contributed by atoms with Gasteiger partial charge in [0.2, 0.25) is 5.95 Å². The van der Waals surface area contributed by atoms with Crippen molar-refractivity contribution in [2.45, 2.75) is 6.92 Å². The van der Waals surface area contributed by atoms with E-state index in [0.717, 1.165) is 0 Å². The van der Waals surface area contributed by atoms with E-state index in [4.69, 9.17) is 0 Å². The van der Waals surface area contributed by atoms with E-state index in [1.165, 1.54) is 0 Å². The zero-order valence-electron chi connectivity index (χ0n) is 9.20. The Morgan fingerprint density at radius 3 is 2.75 bits per heavy atom. The number of hydrogen-bond acceptors (Lipinski definition) is 5. The van der Waals surface area contributed by atoms with Crippen LogP contribution in [-0.2, 0) is 9.84 Å². The van der Waals surface area contributed by atoms with Crippen molar-refractivity contribution in [3.8, 4) is 0 Å². The van der Waals surface area contributed by atoms with E-state index < -0.39 is 9.84 Å². The van der Waals surface area contributed by atoms with E-state index in [9.17, 15) is 8.42 Å². The summed E-state index contributed by atoms with van der Waals surface area (Å²) in [5.74, 6) is 1.19. The summed E-state index contributed by atoms with van der Waals surface area (Å²) in [7, 11) is -2.91. The maximum Gasteiger partial charge on any atom is 0.225 e. The third-order valence-electron chi connectivity index (χ3n) is 2.58. The molecule has 1 saturated heterocycles. The lowest BCUT2D eigenvalue weighted by Gasteiger charge is -2.21. The molecule has 1 unspecified atom stereocenters. The first-order chi connectivity index (χ1) is 7.57. The molecule has 0 aliphatic carbocycles. The largest absolute Gasteiger partial charge is 0.340 e. The van der Waals surface area contributed by atoms with Crippen LogP contribution in [0.15, 0.2) is 18.5 Å². The van der Waals surface area contributed by atoms with Crippen LogP contribution in [0.2, 0.25) is 0 Å². The average Bonchev–Trinajstić information content (AvgIpc) is 2.37. The molecular formula is C10H15N3O2S. The maximum atomic E-state index is 11.6. The number of rotatable bonds is 1. The van der Waals surface area contributed by atoms with Gasteiger partial charge in [-0.2, -0.15) is 0 Å². The van der Waals surface area contributed by atoms with Crippen LogP contribution in [0.5, 0.6) is 0 Å². The Kier molecular flexibility index (Phi) is 3.09. The van der Waals surface area contributed by atoms with Gasteiger partial charge in [0, 0.05) is 25.5 Å². The molecule has 1 aromatic heterocycles. The molecule has 2 rings (SSSR count). The summed E-state index contributed by atoms with van der Waals surface area (Å²) in [6.45, 7) is 3.12. The first-order valence-corrected chi connectivity index (χ1v) is 7.11. The van der Waals surface area contributed by atoms with Gasteiger partial charge in [0.25, 0.3) is 0 Å². The fraction of sp³-hybridized carbons (Fsp3) is 0.600. The quantitative estimate of drug-likeness (QED) is 0.710. The van der Waals surface area contributed by atoms with Crippen molar-refractivity contribution in [2.24, 2.45) is 5.92 Å². The SMILES string of the molecule is CC1CN(c2ncccn2)CCS(=O)(=O)C1. The fourth-order valence-electron chi connectivity index (χ4n) is 1.92. The zero-order chi connectivity index (χ0) is 11.6. The minimum absolute atomic E-state index is 0.122. The normalized spacial score (nSPS) is 25.1. The predicted molar refractivity (Wildman–Crippen MR) is 62.1 cm³/mol. The molecule has 0 N–H and O–H groups in total. The summed E-state index contributed by atoms with van der Waals surface area (Å²) in [4.78, 5) is 10.2. The minimum Gasteiger partial charge on any atom is -0.340 e. The van der Waals surface area contributed by atoms with Crippen molar-refractivity contribution >= 4 is 15.8 Å². The van der Waals surface area contributed by atoms with Gasteiger partial charge in [0.05, 0.1) is 11.5 Å². The molecule has 0 amide bonds. The van der Waals surface area contributed by atoms with Gasteiger partial charge in [0.15, 0.2) is 9.84 Å². The maximum absolute atomic E-state index is 11.6. The molecule has 2 heterocycles. The number of sulfone groups is 1. The number of hydrogen-bond donors (Lipinski definition) is 0. The van der Waals surface area contributed by atoms with Gasteiger partial charge in [-0.1, -0.05) is 6.92 Å². The highest BCUT2D eigenvalue weighted by molar-refractivity contribution is 7.91. The highest BCUT2D eigenvalue weighted by atomic mass is 32.2. The summed E-state index contributed by atoms with van der Waals surface area (Å²) in [5, 5.41) is 0. The van der Waals surface area contributed by atoms with Gasteiger partial charge in [-0.25, -0.2) is 18.4 Å². The van der Waals surface area contributed by atoms with Gasteiger partial charge in [-0.15, -0.1) is 0 Å². The summed E-state index contributed by atoms with van der Waals surface area (Å²) >= 11 is 0. The van der Waals surface area contributed by atoms with Crippen molar-refractivity contribution in [3.63, 3.8) is 0 Å². The van der Waals surface area contributed by atoms with E-state index >= 15 is 0 Å². The Hall–Kier alpha value is -1.17. The van der Waals surface area contributed by atoms with Crippen LogP contribution >= 0.6 is 0 Å². The van der Waals surface area contributed by atoms with Gasteiger partial charge < -0.3 is 4.90 Å². The fourth-order valence-corrected chi connectivity index (χ4v) is 3.56. The number of anilines is 1. The molecule has 1 aromatic rings. The molecule has 16 heavy (non-hydrogen) atoms. The molecule has 0 bridgehead atoms. The summed E-state index contributed by atoms with van der Waals surface area (Å²) < 4.78 is 23.2. The van der Waals surface area contributed by atoms with Gasteiger partial charge in [-0.05, 0) is 12.0 Å². The molecule has 0 saturated carbocycles. The second-order valence-corrected chi connectivity index (χ2v) is 6.44. The molecule has 0 radical (unpaired) electrons. The lowest BCUT2D eigenvalue weighted by molar-refractivity contribution is 0.580. The van der Waals surface area contributed by atoms with E-state index in [0.29, 0.717) is 19.0 Å². The minimum atomic E-state index is -2.91. The second-order valence-electron chi connectivity index (χ2n) is 4.21. The van der Waals surface area contributed by atoms with E-state index in [1.54, 1.807) is 18.5 Å². The summed E-state index contributed by atoms with van der Waals surface area (Å²) in [6, 6.07) is 1.75. The van der Waals surface area contributed by atoms with Crippen molar-refractivity contribution in [1.29, 1.82) is 0 Å². The molecule has 1 aliphatic heterocycles. The Morgan fingerprint density at radius 2 is 2.06 bits per heavy atom. The van der Waals surface area contributed by atoms with Crippen LogP contribution in [0.25, 0.3) is 0 Å². The standard InChI is InChI=1S/C10H15N3O2S/c1-9-7-13(5-6-16(14,15)8-9)10-11-3-2-4-12-10/h2-4,9H,5-8H2,1H3. The molecule has 1 atom stereocenters. The molecule has 1 aliphatic rings. The van der Waals surface area contributed by atoms with E-state index in [1.807, 2.05) is 11.8 Å². The molecule has 1 fully saturated rings. The van der Waals surface area contributed by atoms with Crippen molar-refractivity contribution in [3.05, 3.63) is 18.5 Å². The molecule has 88 valence electrons. The van der Waals surface area contributed by atoms with Crippen molar-refractivity contribution < 1.29 is 8.42 Å². The van der Waals surface area contributed by atoms with Gasteiger partial charge in [0.1, 0.15) is 0 Å². The summed E-state index contributed by atoms with van der Waals surface area (Å²) in [6.07, 6.45) is 3.35. The second kappa shape index (κ2) is 4.37. The van der Waals surface area contributed by atoms with Crippen LogP contribution in [-0.4, -0.2) is 43.0 Å². The van der Waals surface area contributed by atoms with Crippen molar-refractivity contribution in [1.82, 2.24) is 9.97 Å². The van der Waals surface area contributed by atoms with Crippen LogP contribution in [0.3, 0.4) is 0 Å². The van der Waals surface area contributed by atoms with Crippen LogP contribution in [0, 0.1) is 5.92 Å². The number of nitrogens with zero attached hydrogens (tertiary/aromatic N) is 3. The lowest BCUT2D eigenvalue weighted by Crippen LogP contribution is -2.30. The zero-order valence-corrected chi connectivity index (χ0v) is 10.0. The Balaban J connectivity index is 2.19.